The number of hydrogen-bond acceptors (Lipinski definition) is 6. The molecule has 9 heteroatoms. The van der Waals surface area contributed by atoms with Crippen molar-refractivity contribution in [2.75, 3.05) is 21.3 Å². The molecule has 0 atom stereocenters. The second-order valence-electron chi connectivity index (χ2n) is 6.47. The minimum atomic E-state index is -4.27. The number of ether oxygens (including phenoxy) is 3. The molecule has 0 amide bonds. The molecule has 172 valence electrons. The zero-order valence-corrected chi connectivity index (χ0v) is 22.7. The summed E-state index contributed by atoms with van der Waals surface area (Å²) in [4.78, 5) is -0.178. The van der Waals surface area contributed by atoms with Crippen molar-refractivity contribution in [1.29, 1.82) is 0 Å². The van der Waals surface area contributed by atoms with Crippen LogP contribution >= 0.6 is 15.9 Å². The summed E-state index contributed by atoms with van der Waals surface area (Å²) in [6.45, 7) is 1.82. The van der Waals surface area contributed by atoms with Crippen LogP contribution in [0.15, 0.2) is 65.6 Å². The van der Waals surface area contributed by atoms with Crippen LogP contribution in [0.2, 0.25) is 0 Å². The first kappa shape index (κ1) is 26.4. The Kier molecular flexibility index (Phi) is 10.3. The maximum absolute atomic E-state index is 10.4. The lowest BCUT2D eigenvalue weighted by Gasteiger charge is -2.08. The van der Waals surface area contributed by atoms with Crippen LogP contribution in [0.3, 0.4) is 0 Å². The molecule has 0 aliphatic heterocycles. The van der Waals surface area contributed by atoms with Gasteiger partial charge in [-0.1, -0.05) is 45.8 Å². The molecule has 0 bridgehead atoms. The Hall–Kier alpha value is -1.82. The molecule has 0 fully saturated rings. The topological polar surface area (TPSA) is 84.9 Å². The Morgan fingerprint density at radius 1 is 0.875 bits per heavy atom. The van der Waals surface area contributed by atoms with Gasteiger partial charge in [-0.15, -0.1) is 0 Å². The van der Waals surface area contributed by atoms with Crippen LogP contribution < -0.4 is 35.4 Å². The van der Waals surface area contributed by atoms with E-state index in [1.807, 2.05) is 19.1 Å². The maximum atomic E-state index is 10.4. The molecule has 32 heavy (non-hydrogen) atoms. The highest BCUT2D eigenvalue weighted by atomic mass is 127. The molecule has 3 aromatic carbocycles. The zero-order valence-electron chi connectivity index (χ0n) is 18.1. The molecule has 0 saturated heterocycles. The van der Waals surface area contributed by atoms with Crippen LogP contribution in [0.4, 0.5) is 0 Å². The van der Waals surface area contributed by atoms with Gasteiger partial charge in [-0.3, -0.25) is 0 Å². The molecule has 0 unspecified atom stereocenters. The third-order valence-corrected chi connectivity index (χ3v) is 8.68. The van der Waals surface area contributed by atoms with Gasteiger partial charge in [0.25, 0.3) is 3.57 Å². The smallest absolute Gasteiger partial charge is 0.366 e. The third kappa shape index (κ3) is 7.65. The summed E-state index contributed by atoms with van der Waals surface area (Å²) >= 11 is 3.08. The number of hydrogen-bond donors (Lipinski definition) is 0. The fourth-order valence-corrected chi connectivity index (χ4v) is 5.98. The van der Waals surface area contributed by atoms with E-state index < -0.39 is 10.1 Å². The van der Waals surface area contributed by atoms with Crippen molar-refractivity contribution in [1.82, 2.24) is 0 Å². The summed E-state index contributed by atoms with van der Waals surface area (Å²) < 4.78 is 49.9. The van der Waals surface area contributed by atoms with Gasteiger partial charge in [-0.25, -0.2) is 8.42 Å². The van der Waals surface area contributed by atoms with Crippen LogP contribution in [-0.4, -0.2) is 34.3 Å². The summed E-state index contributed by atoms with van der Waals surface area (Å²) in [6.07, 6.45) is 0. The average molecular weight is 635 g/mol. The molecule has 0 aliphatic carbocycles. The quantitative estimate of drug-likeness (QED) is 0.223. The van der Waals surface area contributed by atoms with E-state index in [1.165, 1.54) is 21.3 Å². The van der Waals surface area contributed by atoms with Crippen molar-refractivity contribution in [3.8, 4) is 17.2 Å². The van der Waals surface area contributed by atoms with Gasteiger partial charge in [0.1, 0.15) is 15.9 Å². The molecule has 6 nitrogen and oxygen atoms in total. The summed E-state index contributed by atoms with van der Waals surface area (Å²) in [5.41, 5.74) is 2.20. The fraction of sp³-hybridized carbons (Fsp3) is 0.217. The van der Waals surface area contributed by atoms with E-state index in [9.17, 15) is 13.0 Å². The molecule has 0 spiro atoms. The Labute approximate surface area is 208 Å². The van der Waals surface area contributed by atoms with Crippen molar-refractivity contribution >= 4 is 26.0 Å². The zero-order chi connectivity index (χ0) is 23.7. The first-order valence-electron chi connectivity index (χ1n) is 9.34. The van der Waals surface area contributed by atoms with Crippen molar-refractivity contribution < 1.29 is 48.4 Å². The molecule has 0 aliphatic rings. The highest BCUT2D eigenvalue weighted by Gasteiger charge is 2.27. The summed E-state index contributed by atoms with van der Waals surface area (Å²) in [7, 11) is 0.723. The van der Waals surface area contributed by atoms with Gasteiger partial charge in [0.05, 0.1) is 26.2 Å². The van der Waals surface area contributed by atoms with E-state index in [0.29, 0.717) is 0 Å². The minimum absolute atomic E-state index is 0.178. The molecule has 0 N–H and O–H groups in total. The van der Waals surface area contributed by atoms with E-state index in [4.69, 9.17) is 14.2 Å². The Morgan fingerprint density at radius 2 is 1.41 bits per heavy atom. The molecule has 0 radical (unpaired) electrons. The molecule has 0 saturated carbocycles. The second kappa shape index (κ2) is 12.4. The van der Waals surface area contributed by atoms with Crippen molar-refractivity contribution in [2.45, 2.75) is 17.1 Å². The third-order valence-electron chi connectivity index (χ3n) is 4.24. The largest absolute Gasteiger partial charge is 0.744 e. The Morgan fingerprint density at radius 3 is 1.81 bits per heavy atom. The van der Waals surface area contributed by atoms with Gasteiger partial charge in [0.2, 0.25) is 0 Å². The van der Waals surface area contributed by atoms with Crippen molar-refractivity contribution in [2.24, 2.45) is 0 Å². The Balaban J connectivity index is 0.000000278. The van der Waals surface area contributed by atoms with Crippen molar-refractivity contribution in [3.05, 3.63) is 78.9 Å². The number of rotatable bonds is 7. The lowest BCUT2D eigenvalue weighted by Crippen LogP contribution is -3.61. The molecule has 0 heterocycles. The highest BCUT2D eigenvalue weighted by Crippen LogP contribution is 2.27. The number of aryl methyl sites for hydroxylation is 1. The molecule has 3 rings (SSSR count). The predicted molar refractivity (Wildman–Crippen MR) is 122 cm³/mol. The summed E-state index contributed by atoms with van der Waals surface area (Å²) in [6, 6.07) is 18.2. The second-order valence-corrected chi connectivity index (χ2v) is 11.3. The fourth-order valence-electron chi connectivity index (χ4n) is 2.51. The van der Waals surface area contributed by atoms with Gasteiger partial charge in [-0.05, 0) is 36.8 Å². The van der Waals surface area contributed by atoms with Gasteiger partial charge in [0, 0.05) is 17.5 Å². The SMILES string of the molecule is COc1cc(OC)c([I+]c2ccc(CBr)cc2)c(OC)c1.Cc1ccc(S(=O)(=O)[O-])cc1. The van der Waals surface area contributed by atoms with E-state index in [-0.39, 0.29) is 26.1 Å². The van der Waals surface area contributed by atoms with E-state index in [2.05, 4.69) is 40.2 Å². The van der Waals surface area contributed by atoms with E-state index in [0.717, 1.165) is 31.7 Å². The van der Waals surface area contributed by atoms with Gasteiger partial charge in [0.15, 0.2) is 15.1 Å². The highest BCUT2D eigenvalue weighted by molar-refractivity contribution is 9.08. The summed E-state index contributed by atoms with van der Waals surface area (Å²) in [5.74, 6) is 2.39. The predicted octanol–water partition coefficient (Wildman–Crippen LogP) is 1.63. The van der Waals surface area contributed by atoms with Crippen LogP contribution in [0.25, 0.3) is 0 Å². The van der Waals surface area contributed by atoms with Gasteiger partial charge >= 0.3 is 21.2 Å². The standard InChI is InChI=1S/C16H17BrIO3.C7H8O3S/c1-19-13-8-14(20-2)16(15(9-13)21-3)18-12-6-4-11(10-17)5-7-12;1-6-2-4-7(5-3-6)11(8,9)10/h4-9H,10H2,1-3H3;2-5H,1H3,(H,8,9,10)/q+1;/p-1. The van der Waals surface area contributed by atoms with Crippen LogP contribution in [-0.2, 0) is 15.4 Å². The molecule has 3 aromatic rings. The normalized spacial score (nSPS) is 10.7. The maximum Gasteiger partial charge on any atom is 0.366 e. The van der Waals surface area contributed by atoms with Gasteiger partial charge < -0.3 is 18.8 Å². The number of benzene rings is 3. The minimum Gasteiger partial charge on any atom is -0.744 e. The first-order valence-corrected chi connectivity index (χ1v) is 14.0. The average Bonchev–Trinajstić information content (AvgIpc) is 2.79. The van der Waals surface area contributed by atoms with Gasteiger partial charge in [-0.2, -0.15) is 0 Å². The molecular formula is C23H24BrIO6S. The number of methoxy groups -OCH3 is 3. The Bertz CT molecular complexity index is 1090. The van der Waals surface area contributed by atoms with Crippen LogP contribution in [0.5, 0.6) is 17.2 Å². The first-order chi connectivity index (χ1) is 15.2. The monoisotopic (exact) mass is 634 g/mol. The van der Waals surface area contributed by atoms with Crippen LogP contribution in [0.1, 0.15) is 11.1 Å². The lowest BCUT2D eigenvalue weighted by atomic mass is 10.2. The molecule has 0 aromatic heterocycles. The van der Waals surface area contributed by atoms with E-state index in [1.54, 1.807) is 33.5 Å². The van der Waals surface area contributed by atoms with Crippen molar-refractivity contribution in [3.63, 3.8) is 0 Å². The lowest BCUT2D eigenvalue weighted by molar-refractivity contribution is -0.598. The molecular weight excluding hydrogens is 611 g/mol. The summed E-state index contributed by atoms with van der Waals surface area (Å²) in [5, 5.41) is 0.876. The van der Waals surface area contributed by atoms with Crippen LogP contribution in [0, 0.1) is 14.1 Å². The number of halogens is 2. The number of alkyl halides is 1. The van der Waals surface area contributed by atoms with E-state index >= 15 is 0 Å².